The number of nitrogens with one attached hydrogen (secondary N) is 2. The Labute approximate surface area is 196 Å². The van der Waals surface area contributed by atoms with Crippen molar-refractivity contribution < 1.29 is 13.9 Å². The Balaban J connectivity index is 1.17. The highest BCUT2D eigenvalue weighted by atomic mass is 16.5. The number of furan rings is 1. The number of amides is 1. The number of ether oxygens (including phenoxy) is 1. The van der Waals surface area contributed by atoms with Gasteiger partial charge >= 0.3 is 5.91 Å². The van der Waals surface area contributed by atoms with Crippen LogP contribution in [0.1, 0.15) is 33.3 Å². The van der Waals surface area contributed by atoms with E-state index < -0.39 is 5.91 Å². The second-order valence-corrected chi connectivity index (χ2v) is 7.99. The van der Waals surface area contributed by atoms with E-state index in [-0.39, 0.29) is 12.4 Å². The lowest BCUT2D eigenvalue weighted by Gasteiger charge is -2.10. The smallest absolute Gasteiger partial charge is 0.307 e. The van der Waals surface area contributed by atoms with E-state index >= 15 is 0 Å². The molecule has 0 aliphatic carbocycles. The number of rotatable bonds is 7. The normalized spacial score (nSPS) is 11.4. The first-order valence-electron chi connectivity index (χ1n) is 10.9. The number of hydrogen-bond acceptors (Lipinski definition) is 4. The fourth-order valence-electron chi connectivity index (χ4n) is 3.92. The molecule has 0 radical (unpaired) electrons. The summed E-state index contributed by atoms with van der Waals surface area (Å²) >= 11 is 0. The average Bonchev–Trinajstić information content (AvgIpc) is 3.57. The van der Waals surface area contributed by atoms with Gasteiger partial charge in [-0.25, -0.2) is 5.43 Å². The molecule has 5 aromatic rings. The van der Waals surface area contributed by atoms with Crippen LogP contribution in [-0.4, -0.2) is 21.7 Å². The number of hydrogen-bond donors (Lipinski definition) is 2. The van der Waals surface area contributed by atoms with Crippen LogP contribution in [0.3, 0.4) is 0 Å². The van der Waals surface area contributed by atoms with Crippen LogP contribution in [0.15, 0.2) is 88.5 Å². The Kier molecular flexibility index (Phi) is 5.74. The quantitative estimate of drug-likeness (QED) is 0.252. The summed E-state index contributed by atoms with van der Waals surface area (Å²) in [5.74, 6) is 1.01. The lowest BCUT2D eigenvalue weighted by atomic mass is 10.2. The number of para-hydroxylation sites is 1. The van der Waals surface area contributed by atoms with Gasteiger partial charge < -0.3 is 18.7 Å². The van der Waals surface area contributed by atoms with Crippen molar-refractivity contribution >= 4 is 23.0 Å². The van der Waals surface area contributed by atoms with Crippen LogP contribution in [0.4, 0.5) is 0 Å². The number of nitrogens with zero attached hydrogens (tertiary/aromatic N) is 2. The Morgan fingerprint density at radius 1 is 1.03 bits per heavy atom. The minimum Gasteiger partial charge on any atom is -0.486 e. The van der Waals surface area contributed by atoms with Crippen LogP contribution < -0.4 is 10.2 Å². The SMILES string of the molecule is Cc1ccc(C)n1-c1ccc(OCc2ccc(C(=O)N/N=C/c3c[nH]c4ccccc34)o2)cc1. The number of fused-ring (bicyclic) bond motifs is 1. The van der Waals surface area contributed by atoms with Crippen LogP contribution in [0.5, 0.6) is 5.75 Å². The predicted molar refractivity (Wildman–Crippen MR) is 132 cm³/mol. The summed E-state index contributed by atoms with van der Waals surface area (Å²) in [6.45, 7) is 4.37. The molecule has 1 amide bonds. The largest absolute Gasteiger partial charge is 0.486 e. The van der Waals surface area contributed by atoms with E-state index in [9.17, 15) is 4.79 Å². The Hall–Kier alpha value is -4.52. The maximum atomic E-state index is 12.4. The summed E-state index contributed by atoms with van der Waals surface area (Å²) in [4.78, 5) is 15.5. The predicted octanol–water partition coefficient (Wildman–Crippen LogP) is 5.51. The van der Waals surface area contributed by atoms with Crippen LogP contribution in [0, 0.1) is 13.8 Å². The molecule has 0 unspecified atom stereocenters. The number of aromatic nitrogens is 2. The molecule has 2 N–H and O–H groups in total. The zero-order chi connectivity index (χ0) is 23.5. The van der Waals surface area contributed by atoms with Gasteiger partial charge in [0.05, 0.1) is 6.21 Å². The molecule has 0 aliphatic rings. The molecule has 5 rings (SSSR count). The number of aryl methyl sites for hydroxylation is 2. The Bertz CT molecular complexity index is 1450. The molecule has 7 heteroatoms. The maximum absolute atomic E-state index is 12.4. The van der Waals surface area contributed by atoms with Gasteiger partial charge in [-0.05, 0) is 68.4 Å². The average molecular weight is 453 g/mol. The van der Waals surface area contributed by atoms with E-state index in [2.05, 4.69) is 46.1 Å². The second-order valence-electron chi connectivity index (χ2n) is 7.99. The second kappa shape index (κ2) is 9.15. The monoisotopic (exact) mass is 452 g/mol. The van der Waals surface area contributed by atoms with Crippen LogP contribution in [0.25, 0.3) is 16.6 Å². The molecule has 0 fully saturated rings. The highest BCUT2D eigenvalue weighted by Gasteiger charge is 2.11. The van der Waals surface area contributed by atoms with Crippen LogP contribution >= 0.6 is 0 Å². The van der Waals surface area contributed by atoms with Gasteiger partial charge in [0, 0.05) is 39.7 Å². The molecular formula is C27H24N4O3. The molecule has 3 aromatic heterocycles. The third kappa shape index (κ3) is 4.36. The minimum absolute atomic E-state index is 0.170. The maximum Gasteiger partial charge on any atom is 0.307 e. The van der Waals surface area contributed by atoms with Crippen LogP contribution in [-0.2, 0) is 6.61 Å². The molecule has 0 spiro atoms. The number of benzene rings is 2. The van der Waals surface area contributed by atoms with E-state index in [0.29, 0.717) is 5.76 Å². The summed E-state index contributed by atoms with van der Waals surface area (Å²) in [5, 5.41) is 5.08. The molecule has 0 aliphatic heterocycles. The Morgan fingerprint density at radius 3 is 2.59 bits per heavy atom. The molecule has 3 heterocycles. The van der Waals surface area contributed by atoms with Crippen molar-refractivity contribution in [2.75, 3.05) is 0 Å². The summed E-state index contributed by atoms with van der Waals surface area (Å²) < 4.78 is 13.6. The van der Waals surface area contributed by atoms with Crippen molar-refractivity contribution in [1.29, 1.82) is 0 Å². The molecule has 2 aromatic carbocycles. The molecule has 0 saturated heterocycles. The van der Waals surface area contributed by atoms with Gasteiger partial charge in [0.25, 0.3) is 0 Å². The number of carbonyl (C=O) groups is 1. The van der Waals surface area contributed by atoms with Gasteiger partial charge in [-0.15, -0.1) is 0 Å². The summed E-state index contributed by atoms with van der Waals surface area (Å²) in [7, 11) is 0. The van der Waals surface area contributed by atoms with E-state index in [1.807, 2.05) is 54.7 Å². The van der Waals surface area contributed by atoms with E-state index in [1.54, 1.807) is 18.3 Å². The number of carbonyl (C=O) groups excluding carboxylic acids is 1. The first-order valence-corrected chi connectivity index (χ1v) is 10.9. The van der Waals surface area contributed by atoms with Gasteiger partial charge in [0.2, 0.25) is 0 Å². The lowest BCUT2D eigenvalue weighted by molar-refractivity contribution is 0.0923. The number of hydrazone groups is 1. The fraction of sp³-hybridized carbons (Fsp3) is 0.111. The van der Waals surface area contributed by atoms with E-state index in [0.717, 1.165) is 27.9 Å². The standard InChI is InChI=1S/C27H24N4O3/c1-18-7-8-19(2)31(18)21-9-11-22(12-10-21)33-17-23-13-14-26(34-23)27(32)30-29-16-20-15-28-25-6-4-3-5-24(20)25/h3-16,28H,17H2,1-2H3,(H,30,32)/b29-16+. The van der Waals surface area contributed by atoms with E-state index in [1.165, 1.54) is 11.4 Å². The van der Waals surface area contributed by atoms with Crippen molar-refractivity contribution in [3.63, 3.8) is 0 Å². The van der Waals surface area contributed by atoms with Gasteiger partial charge in [-0.2, -0.15) is 5.10 Å². The van der Waals surface area contributed by atoms with Gasteiger partial charge in [0.15, 0.2) is 5.76 Å². The molecule has 0 bridgehead atoms. The molecule has 0 saturated carbocycles. The molecule has 170 valence electrons. The van der Waals surface area contributed by atoms with Crippen molar-refractivity contribution in [2.24, 2.45) is 5.10 Å². The minimum atomic E-state index is -0.427. The summed E-state index contributed by atoms with van der Waals surface area (Å²) in [6, 6.07) is 23.3. The number of aromatic amines is 1. The van der Waals surface area contributed by atoms with Crippen LogP contribution in [0.2, 0.25) is 0 Å². The third-order valence-corrected chi connectivity index (χ3v) is 5.62. The van der Waals surface area contributed by atoms with Gasteiger partial charge in [0.1, 0.15) is 18.1 Å². The van der Waals surface area contributed by atoms with Crippen molar-refractivity contribution in [2.45, 2.75) is 20.5 Å². The van der Waals surface area contributed by atoms with Gasteiger partial charge in [-0.3, -0.25) is 4.79 Å². The summed E-state index contributed by atoms with van der Waals surface area (Å²) in [6.07, 6.45) is 3.44. The van der Waals surface area contributed by atoms with Crippen molar-refractivity contribution in [1.82, 2.24) is 15.0 Å². The zero-order valence-electron chi connectivity index (χ0n) is 18.9. The zero-order valence-corrected chi connectivity index (χ0v) is 18.9. The highest BCUT2D eigenvalue weighted by Crippen LogP contribution is 2.21. The molecule has 7 nitrogen and oxygen atoms in total. The first-order chi connectivity index (χ1) is 16.6. The number of H-pyrrole nitrogens is 1. The molecular weight excluding hydrogens is 428 g/mol. The lowest BCUT2D eigenvalue weighted by Crippen LogP contribution is -2.16. The third-order valence-electron chi connectivity index (χ3n) is 5.62. The molecule has 0 atom stereocenters. The van der Waals surface area contributed by atoms with Crippen molar-refractivity contribution in [3.05, 3.63) is 107 Å². The molecule has 34 heavy (non-hydrogen) atoms. The highest BCUT2D eigenvalue weighted by molar-refractivity contribution is 5.99. The van der Waals surface area contributed by atoms with E-state index in [4.69, 9.17) is 9.15 Å². The topological polar surface area (TPSA) is 84.5 Å². The fourth-order valence-corrected chi connectivity index (χ4v) is 3.92. The summed E-state index contributed by atoms with van der Waals surface area (Å²) in [5.41, 5.74) is 7.83. The van der Waals surface area contributed by atoms with Gasteiger partial charge in [-0.1, -0.05) is 18.2 Å². The first kappa shape index (κ1) is 21.3. The van der Waals surface area contributed by atoms with Crippen molar-refractivity contribution in [3.8, 4) is 11.4 Å². The Morgan fingerprint density at radius 2 is 1.79 bits per heavy atom.